The number of anilines is 1. The maximum atomic E-state index is 5.95. The predicted molar refractivity (Wildman–Crippen MR) is 64.6 cm³/mol. The molecule has 0 saturated heterocycles. The zero-order valence-electron chi connectivity index (χ0n) is 8.03. The van der Waals surface area contributed by atoms with Gasteiger partial charge in [-0.1, -0.05) is 11.3 Å². The van der Waals surface area contributed by atoms with Crippen LogP contribution in [0, 0.1) is 0 Å². The van der Waals surface area contributed by atoms with Crippen LogP contribution in [-0.2, 0) is 0 Å². The molecule has 0 aliphatic heterocycles. The highest BCUT2D eigenvalue weighted by atomic mass is 32.2. The summed E-state index contributed by atoms with van der Waals surface area (Å²) < 4.78 is 6.37. The molecule has 0 atom stereocenters. The molecule has 0 bridgehead atoms. The van der Waals surface area contributed by atoms with Gasteiger partial charge >= 0.3 is 0 Å². The maximum absolute atomic E-state index is 5.95. The van der Waals surface area contributed by atoms with Crippen molar-refractivity contribution in [2.45, 2.75) is 4.90 Å². The van der Waals surface area contributed by atoms with E-state index in [9.17, 15) is 0 Å². The Hall–Kier alpha value is -0.870. The number of fused-ring (bicyclic) bond motifs is 1. The van der Waals surface area contributed by atoms with Crippen molar-refractivity contribution in [3.8, 4) is 5.06 Å². The SMILES string of the molecule is COc1sc2ccc(SC)cc2c1N. The van der Waals surface area contributed by atoms with Crippen molar-refractivity contribution in [2.75, 3.05) is 19.1 Å². The van der Waals surface area contributed by atoms with Gasteiger partial charge in [-0.15, -0.1) is 11.8 Å². The second-order valence-electron chi connectivity index (χ2n) is 2.87. The van der Waals surface area contributed by atoms with Crippen molar-refractivity contribution in [3.63, 3.8) is 0 Å². The number of nitrogen functional groups attached to an aromatic ring is 1. The van der Waals surface area contributed by atoms with Crippen LogP contribution in [0.3, 0.4) is 0 Å². The summed E-state index contributed by atoms with van der Waals surface area (Å²) in [6, 6.07) is 6.29. The fourth-order valence-electron chi connectivity index (χ4n) is 1.35. The molecule has 2 aromatic rings. The Balaban J connectivity index is 2.68. The lowest BCUT2D eigenvalue weighted by Gasteiger charge is -1.97. The van der Waals surface area contributed by atoms with Crippen molar-refractivity contribution in [3.05, 3.63) is 18.2 Å². The minimum Gasteiger partial charge on any atom is -0.486 e. The number of benzene rings is 1. The molecule has 1 heterocycles. The van der Waals surface area contributed by atoms with Gasteiger partial charge in [0, 0.05) is 15.0 Å². The van der Waals surface area contributed by atoms with Crippen LogP contribution in [0.1, 0.15) is 0 Å². The van der Waals surface area contributed by atoms with Crippen LogP contribution in [0.2, 0.25) is 0 Å². The molecule has 0 saturated carbocycles. The van der Waals surface area contributed by atoms with Gasteiger partial charge < -0.3 is 10.5 Å². The number of thioether (sulfide) groups is 1. The van der Waals surface area contributed by atoms with E-state index in [-0.39, 0.29) is 0 Å². The van der Waals surface area contributed by atoms with Gasteiger partial charge in [-0.05, 0) is 24.5 Å². The third-order valence-corrected chi connectivity index (χ3v) is 3.96. The Morgan fingerprint density at radius 1 is 1.43 bits per heavy atom. The minimum absolute atomic E-state index is 0.753. The van der Waals surface area contributed by atoms with E-state index in [1.54, 1.807) is 30.2 Å². The molecule has 0 aliphatic rings. The Morgan fingerprint density at radius 2 is 2.21 bits per heavy atom. The Labute approximate surface area is 91.1 Å². The normalized spacial score (nSPS) is 10.7. The lowest BCUT2D eigenvalue weighted by atomic mass is 10.2. The van der Waals surface area contributed by atoms with Gasteiger partial charge in [0.05, 0.1) is 12.8 Å². The summed E-state index contributed by atoms with van der Waals surface area (Å²) in [4.78, 5) is 1.23. The summed E-state index contributed by atoms with van der Waals surface area (Å²) in [6.07, 6.45) is 2.06. The standard InChI is InChI=1S/C10H11NOS2/c1-12-10-9(11)7-5-6(13-2)3-4-8(7)14-10/h3-5H,11H2,1-2H3. The number of hydrogen-bond donors (Lipinski definition) is 1. The van der Waals surface area contributed by atoms with Gasteiger partial charge in [0.2, 0.25) is 0 Å². The first-order chi connectivity index (χ1) is 6.76. The Bertz CT molecular complexity index is 464. The third-order valence-electron chi connectivity index (χ3n) is 2.08. The average Bonchev–Trinajstić information content (AvgIpc) is 2.55. The highest BCUT2D eigenvalue weighted by Gasteiger charge is 2.09. The first kappa shape index (κ1) is 9.68. The summed E-state index contributed by atoms with van der Waals surface area (Å²) >= 11 is 3.30. The summed E-state index contributed by atoms with van der Waals surface area (Å²) in [7, 11) is 1.65. The molecule has 2 N–H and O–H groups in total. The maximum Gasteiger partial charge on any atom is 0.198 e. The molecule has 0 fully saturated rings. The first-order valence-electron chi connectivity index (χ1n) is 4.16. The highest BCUT2D eigenvalue weighted by Crippen LogP contribution is 2.40. The van der Waals surface area contributed by atoms with E-state index in [1.807, 2.05) is 0 Å². The predicted octanol–water partition coefficient (Wildman–Crippen LogP) is 3.21. The van der Waals surface area contributed by atoms with E-state index in [0.29, 0.717) is 0 Å². The van der Waals surface area contributed by atoms with Crippen molar-refractivity contribution >= 4 is 38.9 Å². The summed E-state index contributed by atoms with van der Waals surface area (Å²) in [5, 5.41) is 1.90. The molecular formula is C10H11NOS2. The monoisotopic (exact) mass is 225 g/mol. The van der Waals surface area contributed by atoms with Gasteiger partial charge in [0.15, 0.2) is 5.06 Å². The topological polar surface area (TPSA) is 35.2 Å². The van der Waals surface area contributed by atoms with Crippen molar-refractivity contribution in [2.24, 2.45) is 0 Å². The number of thiophene rings is 1. The second kappa shape index (κ2) is 3.71. The molecule has 0 spiro atoms. The highest BCUT2D eigenvalue weighted by molar-refractivity contribution is 7.98. The van der Waals surface area contributed by atoms with Gasteiger partial charge in [-0.25, -0.2) is 0 Å². The lowest BCUT2D eigenvalue weighted by Crippen LogP contribution is -1.86. The Kier molecular flexibility index (Phi) is 2.56. The second-order valence-corrected chi connectivity index (χ2v) is 4.76. The van der Waals surface area contributed by atoms with Gasteiger partial charge in [0.1, 0.15) is 0 Å². The van der Waals surface area contributed by atoms with Crippen LogP contribution in [0.5, 0.6) is 5.06 Å². The molecule has 74 valence electrons. The molecular weight excluding hydrogens is 214 g/mol. The molecule has 4 heteroatoms. The largest absolute Gasteiger partial charge is 0.486 e. The van der Waals surface area contributed by atoms with Gasteiger partial charge in [-0.3, -0.25) is 0 Å². The van der Waals surface area contributed by atoms with Crippen molar-refractivity contribution < 1.29 is 4.74 Å². The fourth-order valence-corrected chi connectivity index (χ4v) is 2.71. The van der Waals surface area contributed by atoms with Gasteiger partial charge in [-0.2, -0.15) is 0 Å². The molecule has 2 rings (SSSR count). The fraction of sp³-hybridized carbons (Fsp3) is 0.200. The zero-order chi connectivity index (χ0) is 10.1. The molecule has 0 amide bonds. The van der Waals surface area contributed by atoms with Crippen LogP contribution in [0.15, 0.2) is 23.1 Å². The lowest BCUT2D eigenvalue weighted by molar-refractivity contribution is 0.429. The quantitative estimate of drug-likeness (QED) is 0.797. The average molecular weight is 225 g/mol. The van der Waals surface area contributed by atoms with E-state index in [0.717, 1.165) is 16.1 Å². The summed E-state index contributed by atoms with van der Waals surface area (Å²) in [5.74, 6) is 0. The van der Waals surface area contributed by atoms with Crippen LogP contribution >= 0.6 is 23.1 Å². The molecule has 1 aromatic carbocycles. The summed E-state index contributed by atoms with van der Waals surface area (Å²) in [5.41, 5.74) is 6.70. The number of nitrogens with two attached hydrogens (primary N) is 1. The van der Waals surface area contributed by atoms with E-state index >= 15 is 0 Å². The molecule has 0 aliphatic carbocycles. The molecule has 14 heavy (non-hydrogen) atoms. The summed E-state index contributed by atoms with van der Waals surface area (Å²) in [6.45, 7) is 0. The Morgan fingerprint density at radius 3 is 2.86 bits per heavy atom. The minimum atomic E-state index is 0.753. The molecule has 1 aromatic heterocycles. The third kappa shape index (κ3) is 1.44. The number of hydrogen-bond acceptors (Lipinski definition) is 4. The van der Waals surface area contributed by atoms with E-state index in [2.05, 4.69) is 24.5 Å². The van der Waals surface area contributed by atoms with Crippen molar-refractivity contribution in [1.29, 1.82) is 0 Å². The van der Waals surface area contributed by atoms with Crippen LogP contribution in [0.25, 0.3) is 10.1 Å². The molecule has 0 radical (unpaired) electrons. The smallest absolute Gasteiger partial charge is 0.198 e. The van der Waals surface area contributed by atoms with Crippen LogP contribution < -0.4 is 10.5 Å². The zero-order valence-corrected chi connectivity index (χ0v) is 9.67. The van der Waals surface area contributed by atoms with Crippen molar-refractivity contribution in [1.82, 2.24) is 0 Å². The van der Waals surface area contributed by atoms with Crippen LogP contribution in [0.4, 0.5) is 5.69 Å². The van der Waals surface area contributed by atoms with E-state index in [1.165, 1.54) is 9.60 Å². The number of ether oxygens (including phenoxy) is 1. The first-order valence-corrected chi connectivity index (χ1v) is 6.20. The molecule has 2 nitrogen and oxygen atoms in total. The number of rotatable bonds is 2. The number of methoxy groups -OCH3 is 1. The molecule has 0 unspecified atom stereocenters. The van der Waals surface area contributed by atoms with Crippen LogP contribution in [-0.4, -0.2) is 13.4 Å². The van der Waals surface area contributed by atoms with Gasteiger partial charge in [0.25, 0.3) is 0 Å². The van der Waals surface area contributed by atoms with E-state index in [4.69, 9.17) is 10.5 Å². The van der Waals surface area contributed by atoms with E-state index < -0.39 is 0 Å².